The fourth-order valence-electron chi connectivity index (χ4n) is 2.44. The Morgan fingerprint density at radius 2 is 1.19 bits per heavy atom. The van der Waals surface area contributed by atoms with Gasteiger partial charge in [-0.15, -0.1) is 0 Å². The summed E-state index contributed by atoms with van der Waals surface area (Å²) in [6, 6.07) is 23.6. The first kappa shape index (κ1) is 13.5. The molecule has 0 unspecified atom stereocenters. The van der Waals surface area contributed by atoms with Gasteiger partial charge in [0.25, 0.3) is 0 Å². The van der Waals surface area contributed by atoms with E-state index in [9.17, 15) is 0 Å². The van der Waals surface area contributed by atoms with Crippen molar-refractivity contribution in [3.63, 3.8) is 0 Å². The fraction of sp³-hybridized carbons (Fsp3) is 0. The van der Waals surface area contributed by atoms with Crippen LogP contribution in [0.2, 0.25) is 0 Å². The molecule has 0 amide bonds. The quantitative estimate of drug-likeness (QED) is 0.364. The van der Waals surface area contributed by atoms with E-state index in [1.807, 2.05) is 23.5 Å². The summed E-state index contributed by atoms with van der Waals surface area (Å²) in [5, 5.41) is 0. The molecule has 0 radical (unpaired) electrons. The number of halogens is 1. The van der Waals surface area contributed by atoms with Crippen LogP contribution in [0.1, 0.15) is 0 Å². The van der Waals surface area contributed by atoms with Crippen LogP contribution in [0.5, 0.6) is 0 Å². The largest absolute Gasteiger partial charge is 0.0877 e. The monoisotopic (exact) mass is 370 g/mol. The van der Waals surface area contributed by atoms with Crippen molar-refractivity contribution in [2.24, 2.45) is 0 Å². The molecule has 3 heteroatoms. The molecule has 1 aliphatic rings. The van der Waals surface area contributed by atoms with Gasteiger partial charge < -0.3 is 0 Å². The standard InChI is InChI=1S/C18H11BrS2/c19-14-8-2-1-6-12(14)13-7-5-11-17-18(13)21-16-10-4-3-9-15(16)20-17/h1-11H. The fourth-order valence-corrected chi connectivity index (χ4v) is 5.33. The van der Waals surface area contributed by atoms with Gasteiger partial charge in [0.2, 0.25) is 0 Å². The molecule has 0 aromatic heterocycles. The predicted molar refractivity (Wildman–Crippen MR) is 94.3 cm³/mol. The topological polar surface area (TPSA) is 0 Å². The van der Waals surface area contributed by atoms with Crippen molar-refractivity contribution < 1.29 is 0 Å². The number of fused-ring (bicyclic) bond motifs is 2. The SMILES string of the molecule is Brc1ccccc1-c1cccc2c1Sc1ccccc1S2. The Bertz CT molecular complexity index is 827. The molecule has 0 spiro atoms. The highest BCUT2D eigenvalue weighted by Gasteiger charge is 2.20. The van der Waals surface area contributed by atoms with Gasteiger partial charge in [-0.05, 0) is 35.4 Å². The Morgan fingerprint density at radius 1 is 0.571 bits per heavy atom. The lowest BCUT2D eigenvalue weighted by molar-refractivity contribution is 1.16. The van der Waals surface area contributed by atoms with Crippen LogP contribution in [0, 0.1) is 0 Å². The van der Waals surface area contributed by atoms with Gasteiger partial charge >= 0.3 is 0 Å². The van der Waals surface area contributed by atoms with E-state index in [0.29, 0.717) is 0 Å². The van der Waals surface area contributed by atoms with Crippen LogP contribution >= 0.6 is 39.5 Å². The van der Waals surface area contributed by atoms with Crippen LogP contribution in [-0.2, 0) is 0 Å². The molecule has 1 aliphatic heterocycles. The van der Waals surface area contributed by atoms with Crippen molar-refractivity contribution in [2.45, 2.75) is 19.6 Å². The Hall–Kier alpha value is -1.16. The lowest BCUT2D eigenvalue weighted by Crippen LogP contribution is -1.92. The zero-order valence-corrected chi connectivity index (χ0v) is 14.3. The van der Waals surface area contributed by atoms with Gasteiger partial charge in [0, 0.05) is 24.1 Å². The van der Waals surface area contributed by atoms with Crippen LogP contribution in [0.4, 0.5) is 0 Å². The lowest BCUT2D eigenvalue weighted by Gasteiger charge is -2.21. The molecular formula is C18H11BrS2. The first-order chi connectivity index (χ1) is 10.3. The first-order valence-electron chi connectivity index (χ1n) is 6.65. The second-order valence-electron chi connectivity index (χ2n) is 4.76. The summed E-state index contributed by atoms with van der Waals surface area (Å²) >= 11 is 7.41. The maximum absolute atomic E-state index is 3.68. The molecule has 0 nitrogen and oxygen atoms in total. The van der Waals surface area contributed by atoms with Gasteiger partial charge in [-0.25, -0.2) is 0 Å². The average molecular weight is 371 g/mol. The molecule has 21 heavy (non-hydrogen) atoms. The van der Waals surface area contributed by atoms with E-state index in [2.05, 4.69) is 82.7 Å². The van der Waals surface area contributed by atoms with Gasteiger partial charge in [-0.1, -0.05) is 81.9 Å². The molecule has 3 aromatic rings. The molecule has 0 saturated heterocycles. The van der Waals surface area contributed by atoms with E-state index < -0.39 is 0 Å². The highest BCUT2D eigenvalue weighted by atomic mass is 79.9. The Morgan fingerprint density at radius 3 is 2.00 bits per heavy atom. The zero-order chi connectivity index (χ0) is 14.2. The number of hydrogen-bond donors (Lipinski definition) is 0. The van der Waals surface area contributed by atoms with E-state index in [1.54, 1.807) is 0 Å². The smallest absolute Gasteiger partial charge is 0.0341 e. The summed E-state index contributed by atoms with van der Waals surface area (Å²) in [6.07, 6.45) is 0. The van der Waals surface area contributed by atoms with Crippen molar-refractivity contribution >= 4 is 39.5 Å². The van der Waals surface area contributed by atoms with E-state index in [0.717, 1.165) is 4.47 Å². The van der Waals surface area contributed by atoms with E-state index in [-0.39, 0.29) is 0 Å². The summed E-state index contributed by atoms with van der Waals surface area (Å²) in [6.45, 7) is 0. The van der Waals surface area contributed by atoms with Crippen LogP contribution in [0.25, 0.3) is 11.1 Å². The molecule has 1 heterocycles. The molecule has 0 N–H and O–H groups in total. The van der Waals surface area contributed by atoms with Gasteiger partial charge in [0.15, 0.2) is 0 Å². The van der Waals surface area contributed by atoms with Crippen molar-refractivity contribution in [3.8, 4) is 11.1 Å². The molecule has 0 fully saturated rings. The van der Waals surface area contributed by atoms with Crippen LogP contribution in [0.3, 0.4) is 0 Å². The van der Waals surface area contributed by atoms with Gasteiger partial charge in [0.05, 0.1) is 0 Å². The summed E-state index contributed by atoms with van der Waals surface area (Å²) in [5.74, 6) is 0. The first-order valence-corrected chi connectivity index (χ1v) is 9.08. The molecule has 3 aromatic carbocycles. The maximum Gasteiger partial charge on any atom is 0.0341 e. The van der Waals surface area contributed by atoms with E-state index in [1.165, 1.54) is 30.7 Å². The van der Waals surface area contributed by atoms with Gasteiger partial charge in [-0.2, -0.15) is 0 Å². The predicted octanol–water partition coefficient (Wildman–Crippen LogP) is 6.73. The molecule has 102 valence electrons. The maximum atomic E-state index is 3.68. The molecule has 0 saturated carbocycles. The number of rotatable bonds is 1. The third kappa shape index (κ3) is 2.44. The van der Waals surface area contributed by atoms with Crippen LogP contribution < -0.4 is 0 Å². The zero-order valence-electron chi connectivity index (χ0n) is 11.0. The van der Waals surface area contributed by atoms with Crippen molar-refractivity contribution in [2.75, 3.05) is 0 Å². The number of benzene rings is 3. The van der Waals surface area contributed by atoms with Crippen molar-refractivity contribution in [1.29, 1.82) is 0 Å². The third-order valence-electron chi connectivity index (χ3n) is 3.42. The lowest BCUT2D eigenvalue weighted by atomic mass is 10.1. The summed E-state index contributed by atoms with van der Waals surface area (Å²) in [4.78, 5) is 5.38. The highest BCUT2D eigenvalue weighted by molar-refractivity contribution is 9.10. The van der Waals surface area contributed by atoms with Gasteiger partial charge in [0.1, 0.15) is 0 Å². The van der Waals surface area contributed by atoms with E-state index in [4.69, 9.17) is 0 Å². The number of hydrogen-bond acceptors (Lipinski definition) is 2. The Labute approximate surface area is 141 Å². The van der Waals surface area contributed by atoms with Crippen molar-refractivity contribution in [3.05, 3.63) is 71.2 Å². The second kappa shape index (κ2) is 5.56. The summed E-state index contributed by atoms with van der Waals surface area (Å²) in [7, 11) is 0. The Kier molecular flexibility index (Phi) is 3.57. The average Bonchev–Trinajstić information content (AvgIpc) is 2.53. The molecule has 0 aliphatic carbocycles. The summed E-state index contributed by atoms with van der Waals surface area (Å²) in [5.41, 5.74) is 2.55. The van der Waals surface area contributed by atoms with E-state index >= 15 is 0 Å². The summed E-state index contributed by atoms with van der Waals surface area (Å²) < 4.78 is 1.14. The minimum absolute atomic E-state index is 1.14. The molecular weight excluding hydrogens is 360 g/mol. The van der Waals surface area contributed by atoms with Gasteiger partial charge in [-0.3, -0.25) is 0 Å². The molecule has 0 bridgehead atoms. The third-order valence-corrected chi connectivity index (χ3v) is 6.73. The second-order valence-corrected chi connectivity index (χ2v) is 7.75. The van der Waals surface area contributed by atoms with Crippen molar-refractivity contribution in [1.82, 2.24) is 0 Å². The van der Waals surface area contributed by atoms with Crippen LogP contribution in [-0.4, -0.2) is 0 Å². The van der Waals surface area contributed by atoms with Crippen LogP contribution in [0.15, 0.2) is 90.8 Å². The normalized spacial score (nSPS) is 12.6. The molecule has 0 atom stereocenters. The highest BCUT2D eigenvalue weighted by Crippen LogP contribution is 2.52. The molecule has 4 rings (SSSR count). The Balaban J connectivity index is 1.89. The minimum Gasteiger partial charge on any atom is -0.0877 e. The minimum atomic E-state index is 1.14.